The standard InChI is InChI=1S/C30H51N2.BrH/c1-4-5-6-7-8-9-10-11-12-13-14-15-16-17-18-22-25-31-28(2)26-29(3)32(31)27-30-23-20-19-21-24-30;/h19-21,23-24,26H,4-18,22,25,27H2,1-3H3;1H/q+1;/p-1. The van der Waals surface area contributed by atoms with Gasteiger partial charge in [-0.1, -0.05) is 127 Å². The van der Waals surface area contributed by atoms with Crippen molar-refractivity contribution in [3.05, 3.63) is 53.3 Å². The Morgan fingerprint density at radius 2 is 1.09 bits per heavy atom. The molecule has 188 valence electrons. The van der Waals surface area contributed by atoms with Gasteiger partial charge in [-0.3, -0.25) is 0 Å². The molecule has 0 bridgehead atoms. The molecule has 0 aliphatic rings. The number of hydrogen-bond donors (Lipinski definition) is 0. The molecule has 0 saturated carbocycles. The molecule has 1 aromatic carbocycles. The van der Waals surface area contributed by atoms with Gasteiger partial charge in [0.2, 0.25) is 5.69 Å². The van der Waals surface area contributed by atoms with Gasteiger partial charge < -0.3 is 17.0 Å². The molecule has 0 amide bonds. The van der Waals surface area contributed by atoms with Crippen LogP contribution in [0, 0.1) is 13.8 Å². The highest BCUT2D eigenvalue weighted by atomic mass is 79.9. The van der Waals surface area contributed by atoms with Crippen LogP contribution in [0.5, 0.6) is 0 Å². The first-order chi connectivity index (χ1) is 15.7. The van der Waals surface area contributed by atoms with E-state index in [1.54, 1.807) is 0 Å². The predicted octanol–water partition coefficient (Wildman–Crippen LogP) is 5.71. The summed E-state index contributed by atoms with van der Waals surface area (Å²) in [7, 11) is 0. The van der Waals surface area contributed by atoms with E-state index in [-0.39, 0.29) is 17.0 Å². The summed E-state index contributed by atoms with van der Waals surface area (Å²) < 4.78 is 4.95. The fourth-order valence-electron chi connectivity index (χ4n) is 4.91. The predicted molar refractivity (Wildman–Crippen MR) is 139 cm³/mol. The van der Waals surface area contributed by atoms with Crippen molar-refractivity contribution >= 4 is 0 Å². The van der Waals surface area contributed by atoms with Gasteiger partial charge in [-0.15, -0.1) is 4.68 Å². The maximum atomic E-state index is 2.49. The van der Waals surface area contributed by atoms with Crippen molar-refractivity contribution in [2.24, 2.45) is 0 Å². The molecule has 2 nitrogen and oxygen atoms in total. The van der Waals surface area contributed by atoms with E-state index < -0.39 is 0 Å². The minimum absolute atomic E-state index is 0. The maximum Gasteiger partial charge on any atom is 0.205 e. The normalized spacial score (nSPS) is 11.0. The Kier molecular flexibility index (Phi) is 17.5. The summed E-state index contributed by atoms with van der Waals surface area (Å²) in [6, 6.07) is 13.2. The molecule has 1 aromatic heterocycles. The molecule has 2 rings (SSSR count). The minimum atomic E-state index is 0. The summed E-state index contributed by atoms with van der Waals surface area (Å²) in [5.74, 6) is 0. The third kappa shape index (κ3) is 12.8. The number of unbranched alkanes of at least 4 members (excludes halogenated alkanes) is 15. The number of benzene rings is 1. The van der Waals surface area contributed by atoms with Crippen LogP contribution in [0.1, 0.15) is 127 Å². The summed E-state index contributed by atoms with van der Waals surface area (Å²) in [6.07, 6.45) is 22.9. The van der Waals surface area contributed by atoms with Crippen LogP contribution in [0.25, 0.3) is 0 Å². The second-order valence-electron chi connectivity index (χ2n) is 9.90. The molecule has 0 radical (unpaired) electrons. The van der Waals surface area contributed by atoms with Crippen LogP contribution in [-0.4, -0.2) is 4.68 Å². The van der Waals surface area contributed by atoms with Gasteiger partial charge in [-0.2, -0.15) is 4.68 Å². The van der Waals surface area contributed by atoms with E-state index in [1.807, 2.05) is 0 Å². The summed E-state index contributed by atoms with van der Waals surface area (Å²) in [5, 5.41) is 0. The van der Waals surface area contributed by atoms with Gasteiger partial charge in [-0.05, 0) is 18.9 Å². The van der Waals surface area contributed by atoms with E-state index in [0.717, 1.165) is 13.1 Å². The van der Waals surface area contributed by atoms with Crippen LogP contribution in [-0.2, 0) is 13.1 Å². The topological polar surface area (TPSA) is 8.81 Å². The third-order valence-corrected chi connectivity index (χ3v) is 6.92. The van der Waals surface area contributed by atoms with Gasteiger partial charge in [0.1, 0.15) is 6.54 Å². The average Bonchev–Trinajstić information content (AvgIpc) is 3.06. The highest BCUT2D eigenvalue weighted by Gasteiger charge is 2.17. The Morgan fingerprint density at radius 3 is 1.58 bits per heavy atom. The van der Waals surface area contributed by atoms with Crippen molar-refractivity contribution in [3.8, 4) is 0 Å². The largest absolute Gasteiger partial charge is 1.00 e. The number of rotatable bonds is 19. The van der Waals surface area contributed by atoms with Crippen LogP contribution in [0.4, 0.5) is 0 Å². The molecular weight excluding hydrogens is 468 g/mol. The van der Waals surface area contributed by atoms with Gasteiger partial charge in [0.25, 0.3) is 0 Å². The molecular formula is C30H51BrN2. The second-order valence-corrected chi connectivity index (χ2v) is 9.90. The second kappa shape index (κ2) is 19.2. The number of hydrogen-bond acceptors (Lipinski definition) is 0. The van der Waals surface area contributed by atoms with Gasteiger partial charge >= 0.3 is 0 Å². The molecule has 0 aliphatic carbocycles. The fraction of sp³-hybridized carbons (Fsp3) is 0.700. The van der Waals surface area contributed by atoms with Crippen molar-refractivity contribution in [1.29, 1.82) is 0 Å². The number of halogens is 1. The molecule has 0 fully saturated rings. The molecule has 0 spiro atoms. The monoisotopic (exact) mass is 518 g/mol. The molecule has 0 unspecified atom stereocenters. The molecule has 3 heteroatoms. The van der Waals surface area contributed by atoms with Gasteiger partial charge in [0.05, 0.1) is 5.69 Å². The zero-order valence-electron chi connectivity index (χ0n) is 22.0. The van der Waals surface area contributed by atoms with E-state index in [0.29, 0.717) is 0 Å². The molecule has 2 aromatic rings. The Hall–Kier alpha value is -1.09. The smallest absolute Gasteiger partial charge is 0.205 e. The van der Waals surface area contributed by atoms with Gasteiger partial charge in [-0.25, -0.2) is 0 Å². The van der Waals surface area contributed by atoms with Crippen LogP contribution in [0.2, 0.25) is 0 Å². The maximum absolute atomic E-state index is 2.49. The lowest BCUT2D eigenvalue weighted by atomic mass is 10.0. The first kappa shape index (κ1) is 29.9. The fourth-order valence-corrected chi connectivity index (χ4v) is 4.91. The zero-order valence-corrected chi connectivity index (χ0v) is 23.6. The number of aromatic nitrogens is 2. The zero-order chi connectivity index (χ0) is 22.9. The number of nitrogens with zero attached hydrogens (tertiary/aromatic N) is 2. The third-order valence-electron chi connectivity index (χ3n) is 6.92. The highest BCUT2D eigenvalue weighted by Crippen LogP contribution is 2.14. The van der Waals surface area contributed by atoms with Crippen LogP contribution < -0.4 is 21.7 Å². The molecule has 0 atom stereocenters. The molecule has 0 aliphatic heterocycles. The highest BCUT2D eigenvalue weighted by molar-refractivity contribution is 5.15. The molecule has 33 heavy (non-hydrogen) atoms. The van der Waals surface area contributed by atoms with Crippen LogP contribution in [0.3, 0.4) is 0 Å². The van der Waals surface area contributed by atoms with E-state index in [9.17, 15) is 0 Å². The quantitative estimate of drug-likeness (QED) is 0.166. The Morgan fingerprint density at radius 1 is 0.636 bits per heavy atom. The lowest BCUT2D eigenvalue weighted by Crippen LogP contribution is -3.00. The first-order valence-corrected chi connectivity index (χ1v) is 13.8. The van der Waals surface area contributed by atoms with Crippen molar-refractivity contribution in [1.82, 2.24) is 4.68 Å². The summed E-state index contributed by atoms with van der Waals surface area (Å²) in [6.45, 7) is 8.90. The van der Waals surface area contributed by atoms with Crippen molar-refractivity contribution in [2.75, 3.05) is 0 Å². The van der Waals surface area contributed by atoms with Crippen molar-refractivity contribution in [2.45, 2.75) is 137 Å². The Labute approximate surface area is 215 Å². The summed E-state index contributed by atoms with van der Waals surface area (Å²) in [4.78, 5) is 0. The summed E-state index contributed by atoms with van der Waals surface area (Å²) >= 11 is 0. The van der Waals surface area contributed by atoms with E-state index in [2.05, 4.69) is 66.5 Å². The van der Waals surface area contributed by atoms with Gasteiger partial charge in [0.15, 0.2) is 6.54 Å². The number of aryl methyl sites for hydroxylation is 2. The molecule has 0 saturated heterocycles. The van der Waals surface area contributed by atoms with Crippen LogP contribution >= 0.6 is 0 Å². The average molecular weight is 520 g/mol. The minimum Gasteiger partial charge on any atom is -1.00 e. The molecule has 0 N–H and O–H groups in total. The Bertz CT molecular complexity index is 708. The lowest BCUT2D eigenvalue weighted by Gasteiger charge is -2.07. The summed E-state index contributed by atoms with van der Waals surface area (Å²) in [5.41, 5.74) is 4.13. The first-order valence-electron chi connectivity index (χ1n) is 13.8. The van der Waals surface area contributed by atoms with Crippen molar-refractivity contribution < 1.29 is 21.7 Å². The van der Waals surface area contributed by atoms with E-state index in [1.165, 1.54) is 120 Å². The van der Waals surface area contributed by atoms with E-state index in [4.69, 9.17) is 0 Å². The SMILES string of the molecule is CCCCCCCCCCCCCCCCCC[n+]1c(C)cc(C)n1Cc1ccccc1.[Br-]. The van der Waals surface area contributed by atoms with Crippen LogP contribution in [0.15, 0.2) is 36.4 Å². The van der Waals surface area contributed by atoms with E-state index >= 15 is 0 Å². The molecule has 1 heterocycles. The van der Waals surface area contributed by atoms with Crippen molar-refractivity contribution in [3.63, 3.8) is 0 Å². The Balaban J connectivity index is 0.00000544. The lowest BCUT2D eigenvalue weighted by molar-refractivity contribution is -0.780. The van der Waals surface area contributed by atoms with Gasteiger partial charge in [0, 0.05) is 19.4 Å².